The molecule has 1 aliphatic carbocycles. The predicted octanol–water partition coefficient (Wildman–Crippen LogP) is 3.35. The van der Waals surface area contributed by atoms with Crippen LogP contribution in [0.25, 0.3) is 10.2 Å². The van der Waals surface area contributed by atoms with Crippen molar-refractivity contribution < 1.29 is 4.79 Å². The molecule has 3 nitrogen and oxygen atoms in total. The van der Waals surface area contributed by atoms with Gasteiger partial charge in [-0.05, 0) is 31.0 Å². The van der Waals surface area contributed by atoms with E-state index in [2.05, 4.69) is 10.3 Å². The fourth-order valence-corrected chi connectivity index (χ4v) is 2.96. The summed E-state index contributed by atoms with van der Waals surface area (Å²) >= 11 is 7.17. The van der Waals surface area contributed by atoms with Crippen LogP contribution in [0.3, 0.4) is 0 Å². The number of anilines is 1. The maximum atomic E-state index is 11.2. The van der Waals surface area contributed by atoms with Crippen LogP contribution >= 0.6 is 22.9 Å². The summed E-state index contributed by atoms with van der Waals surface area (Å²) in [6, 6.07) is 5.77. The number of halogens is 1. The van der Waals surface area contributed by atoms with Crippen LogP contribution in [-0.2, 0) is 4.79 Å². The largest absolute Gasteiger partial charge is 0.325 e. The van der Waals surface area contributed by atoms with Crippen LogP contribution in [0.15, 0.2) is 18.2 Å². The van der Waals surface area contributed by atoms with E-state index in [-0.39, 0.29) is 11.8 Å². The Hall–Kier alpha value is -1.13. The maximum absolute atomic E-state index is 11.2. The number of benzene rings is 1. The number of nitrogens with zero attached hydrogens (tertiary/aromatic N) is 1. The van der Waals surface area contributed by atoms with E-state index < -0.39 is 0 Å². The quantitative estimate of drug-likeness (QED) is 0.866. The van der Waals surface area contributed by atoms with E-state index in [4.69, 9.17) is 11.6 Å². The summed E-state index contributed by atoms with van der Waals surface area (Å²) in [5.41, 5.74) is 1.80. The number of fused-ring (bicyclic) bond motifs is 1. The van der Waals surface area contributed by atoms with Crippen molar-refractivity contribution in [3.63, 3.8) is 0 Å². The first-order valence-electron chi connectivity index (χ1n) is 5.52. The van der Waals surface area contributed by atoms with E-state index in [0.717, 1.165) is 15.9 Å². The highest BCUT2D eigenvalue weighted by Gasteiger charge is 2.26. The number of thiazole rings is 1. The molecule has 0 radical (unpaired) electrons. The second-order valence-electron chi connectivity index (χ2n) is 4.19. The van der Waals surface area contributed by atoms with Crippen molar-refractivity contribution in [2.75, 3.05) is 11.2 Å². The number of hydrogen-bond donors (Lipinski definition) is 1. The first-order chi connectivity index (χ1) is 8.26. The second kappa shape index (κ2) is 4.27. The Morgan fingerprint density at radius 2 is 2.35 bits per heavy atom. The third kappa shape index (κ3) is 2.28. The average molecular weight is 267 g/mol. The number of carbonyl (C=O) groups excluding carboxylic acids is 1. The highest BCUT2D eigenvalue weighted by molar-refractivity contribution is 7.18. The normalized spacial score (nSPS) is 15.1. The van der Waals surface area contributed by atoms with Crippen molar-refractivity contribution in [1.29, 1.82) is 0 Å². The van der Waals surface area contributed by atoms with Crippen molar-refractivity contribution in [2.24, 2.45) is 0 Å². The molecule has 5 heteroatoms. The molecule has 17 heavy (non-hydrogen) atoms. The maximum Gasteiger partial charge on any atom is 0.239 e. The van der Waals surface area contributed by atoms with Gasteiger partial charge in [-0.3, -0.25) is 4.79 Å². The van der Waals surface area contributed by atoms with Crippen LogP contribution < -0.4 is 5.32 Å². The summed E-state index contributed by atoms with van der Waals surface area (Å²) < 4.78 is 1.12. The summed E-state index contributed by atoms with van der Waals surface area (Å²) in [5, 5.41) is 3.97. The van der Waals surface area contributed by atoms with Gasteiger partial charge in [-0.15, -0.1) is 22.9 Å². The monoisotopic (exact) mass is 266 g/mol. The van der Waals surface area contributed by atoms with Gasteiger partial charge >= 0.3 is 0 Å². The first-order valence-corrected chi connectivity index (χ1v) is 6.87. The summed E-state index contributed by atoms with van der Waals surface area (Å²) in [5.74, 6) is 0.472. The number of nitrogens with one attached hydrogen (secondary N) is 1. The Balaban J connectivity index is 1.91. The van der Waals surface area contributed by atoms with Crippen LogP contribution in [0.2, 0.25) is 0 Å². The molecule has 1 aromatic heterocycles. The van der Waals surface area contributed by atoms with Gasteiger partial charge in [0.15, 0.2) is 0 Å². The third-order valence-electron chi connectivity index (χ3n) is 2.74. The van der Waals surface area contributed by atoms with Gasteiger partial charge in [0, 0.05) is 11.6 Å². The first kappa shape index (κ1) is 11.0. The van der Waals surface area contributed by atoms with Crippen molar-refractivity contribution in [2.45, 2.75) is 18.8 Å². The van der Waals surface area contributed by atoms with E-state index in [9.17, 15) is 4.79 Å². The molecule has 0 saturated heterocycles. The molecule has 1 fully saturated rings. The molecule has 1 saturated carbocycles. The molecule has 1 amide bonds. The highest BCUT2D eigenvalue weighted by atomic mass is 35.5. The second-order valence-corrected chi connectivity index (χ2v) is 5.52. The Bertz CT molecular complexity index is 577. The third-order valence-corrected chi connectivity index (χ3v) is 4.16. The van der Waals surface area contributed by atoms with Crippen molar-refractivity contribution in [3.05, 3.63) is 23.2 Å². The van der Waals surface area contributed by atoms with E-state index in [0.29, 0.717) is 5.92 Å². The number of amides is 1. The Kier molecular flexibility index (Phi) is 2.76. The van der Waals surface area contributed by atoms with E-state index in [1.54, 1.807) is 11.3 Å². The smallest absolute Gasteiger partial charge is 0.239 e. The molecule has 0 atom stereocenters. The van der Waals surface area contributed by atoms with E-state index in [1.807, 2.05) is 18.2 Å². The van der Waals surface area contributed by atoms with Crippen LogP contribution in [0.4, 0.5) is 5.69 Å². The molecule has 3 rings (SSSR count). The molecule has 0 bridgehead atoms. The molecule has 1 aromatic carbocycles. The lowest BCUT2D eigenvalue weighted by Crippen LogP contribution is -2.12. The zero-order valence-corrected chi connectivity index (χ0v) is 10.6. The summed E-state index contributed by atoms with van der Waals surface area (Å²) in [6.07, 6.45) is 2.52. The van der Waals surface area contributed by atoms with Crippen molar-refractivity contribution in [1.82, 2.24) is 4.98 Å². The lowest BCUT2D eigenvalue weighted by molar-refractivity contribution is -0.113. The van der Waals surface area contributed by atoms with Gasteiger partial charge in [-0.1, -0.05) is 0 Å². The Morgan fingerprint density at radius 3 is 3.06 bits per heavy atom. The zero-order valence-electron chi connectivity index (χ0n) is 9.07. The summed E-state index contributed by atoms with van der Waals surface area (Å²) in [4.78, 5) is 15.8. The number of aromatic nitrogens is 1. The molecule has 88 valence electrons. The minimum absolute atomic E-state index is 0.0198. The van der Waals surface area contributed by atoms with Crippen LogP contribution in [0, 0.1) is 0 Å². The molecule has 0 unspecified atom stereocenters. The molecular formula is C12H11ClN2OS. The van der Waals surface area contributed by atoms with Crippen LogP contribution in [0.5, 0.6) is 0 Å². The number of alkyl halides is 1. The van der Waals surface area contributed by atoms with Crippen LogP contribution in [-0.4, -0.2) is 16.8 Å². The molecule has 2 aromatic rings. The van der Waals surface area contributed by atoms with E-state index in [1.165, 1.54) is 17.8 Å². The highest BCUT2D eigenvalue weighted by Crippen LogP contribution is 2.43. The lowest BCUT2D eigenvalue weighted by atomic mass is 10.3. The molecule has 1 heterocycles. The minimum Gasteiger partial charge on any atom is -0.325 e. The van der Waals surface area contributed by atoms with Gasteiger partial charge in [0.05, 0.1) is 15.2 Å². The fraction of sp³-hybridized carbons (Fsp3) is 0.333. The fourth-order valence-electron chi connectivity index (χ4n) is 1.72. The molecular weight excluding hydrogens is 256 g/mol. The molecule has 0 aliphatic heterocycles. The number of carbonyl (C=O) groups is 1. The van der Waals surface area contributed by atoms with Gasteiger partial charge in [0.25, 0.3) is 0 Å². The van der Waals surface area contributed by atoms with Crippen LogP contribution in [0.1, 0.15) is 23.8 Å². The van der Waals surface area contributed by atoms with Crippen molar-refractivity contribution >= 4 is 44.7 Å². The van der Waals surface area contributed by atoms with Gasteiger partial charge in [0.1, 0.15) is 5.88 Å². The Labute approximate surface area is 108 Å². The number of hydrogen-bond acceptors (Lipinski definition) is 3. The standard InChI is InChI=1S/C12H11ClN2OS/c13-6-11(16)14-8-3-4-9-10(5-8)17-12(15-9)7-1-2-7/h3-5,7H,1-2,6H2,(H,14,16). The van der Waals surface area contributed by atoms with Crippen molar-refractivity contribution in [3.8, 4) is 0 Å². The lowest BCUT2D eigenvalue weighted by Gasteiger charge is -2.01. The Morgan fingerprint density at radius 1 is 1.53 bits per heavy atom. The topological polar surface area (TPSA) is 42.0 Å². The van der Waals surface area contributed by atoms with Gasteiger partial charge in [0.2, 0.25) is 5.91 Å². The molecule has 1 aliphatic rings. The van der Waals surface area contributed by atoms with Gasteiger partial charge in [-0.2, -0.15) is 0 Å². The average Bonchev–Trinajstić information content (AvgIpc) is 3.09. The molecule has 0 spiro atoms. The van der Waals surface area contributed by atoms with Gasteiger partial charge < -0.3 is 5.32 Å². The number of rotatable bonds is 3. The van der Waals surface area contributed by atoms with Gasteiger partial charge in [-0.25, -0.2) is 4.98 Å². The minimum atomic E-state index is -0.182. The SMILES string of the molecule is O=C(CCl)Nc1ccc2nc(C3CC3)sc2c1. The zero-order chi connectivity index (χ0) is 11.8. The predicted molar refractivity (Wildman–Crippen MR) is 70.9 cm³/mol. The molecule has 1 N–H and O–H groups in total. The van der Waals surface area contributed by atoms with E-state index >= 15 is 0 Å². The summed E-state index contributed by atoms with van der Waals surface area (Å²) in [7, 11) is 0. The summed E-state index contributed by atoms with van der Waals surface area (Å²) in [6.45, 7) is 0.